The fraction of sp³-hybridized carbons (Fsp3) is 0. The van der Waals surface area contributed by atoms with E-state index in [1.165, 1.54) is 0 Å². The Balaban J connectivity index is 1.75. The van der Waals surface area contributed by atoms with E-state index in [0.717, 1.165) is 50.4 Å². The Morgan fingerprint density at radius 3 is 1.64 bits per heavy atom. The van der Waals surface area contributed by atoms with Crippen LogP contribution in [0.4, 0.5) is 0 Å². The molecule has 0 radical (unpaired) electrons. The summed E-state index contributed by atoms with van der Waals surface area (Å²) < 4.78 is 1.97. The molecule has 156 valence electrons. The zero-order valence-electron chi connectivity index (χ0n) is 18.0. The zero-order chi connectivity index (χ0) is 22.0. The van der Waals surface area contributed by atoms with E-state index in [2.05, 4.69) is 78.9 Å². The summed E-state index contributed by atoms with van der Waals surface area (Å²) >= 11 is 0. The summed E-state index contributed by atoms with van der Waals surface area (Å²) in [4.78, 5) is 5.15. The van der Waals surface area contributed by atoms with Crippen LogP contribution in [0.15, 0.2) is 127 Å². The molecule has 0 aliphatic rings. The molecular weight excluding hydrogens is 402 g/mol. The van der Waals surface area contributed by atoms with Gasteiger partial charge in [0, 0.05) is 11.1 Å². The van der Waals surface area contributed by atoms with E-state index in [1.54, 1.807) is 0 Å². The van der Waals surface area contributed by atoms with Gasteiger partial charge < -0.3 is 0 Å². The highest BCUT2D eigenvalue weighted by atomic mass is 15.3. The van der Waals surface area contributed by atoms with Gasteiger partial charge in [-0.3, -0.25) is 0 Å². The van der Waals surface area contributed by atoms with Gasteiger partial charge in [-0.05, 0) is 29.3 Å². The Kier molecular flexibility index (Phi) is 4.78. The van der Waals surface area contributed by atoms with Gasteiger partial charge in [0.25, 0.3) is 0 Å². The molecule has 0 N–H and O–H groups in total. The highest BCUT2D eigenvalue weighted by Gasteiger charge is 2.20. The lowest BCUT2D eigenvalue weighted by molar-refractivity contribution is 0.901. The van der Waals surface area contributed by atoms with Gasteiger partial charge in [-0.2, -0.15) is 5.10 Å². The first-order chi connectivity index (χ1) is 16.4. The maximum Gasteiger partial charge on any atom is 0.164 e. The number of rotatable bonds is 4. The van der Waals surface area contributed by atoms with Crippen molar-refractivity contribution in [1.82, 2.24) is 14.8 Å². The van der Waals surface area contributed by atoms with Gasteiger partial charge in [-0.25, -0.2) is 9.67 Å². The van der Waals surface area contributed by atoms with E-state index >= 15 is 0 Å². The Labute approximate surface area is 192 Å². The van der Waals surface area contributed by atoms with Gasteiger partial charge >= 0.3 is 0 Å². The second-order valence-electron chi connectivity index (χ2n) is 7.95. The quantitative estimate of drug-likeness (QED) is 0.295. The molecule has 0 aliphatic carbocycles. The van der Waals surface area contributed by atoms with Crippen LogP contribution in [0.3, 0.4) is 0 Å². The lowest BCUT2D eigenvalue weighted by Crippen LogP contribution is -1.98. The van der Waals surface area contributed by atoms with E-state index < -0.39 is 0 Å². The minimum atomic E-state index is 0.847. The standard InChI is InChI=1S/C30H21N3/c1-5-13-22(14-6-1)26-21-27(23-15-7-2-8-16-23)31-30-28(26)29(24-17-9-3-10-18-24)32-33(30)25-19-11-4-12-20-25/h1-21H. The van der Waals surface area contributed by atoms with Crippen LogP contribution in [0.2, 0.25) is 0 Å². The lowest BCUT2D eigenvalue weighted by Gasteiger charge is -2.10. The van der Waals surface area contributed by atoms with Crippen LogP contribution >= 0.6 is 0 Å². The number of pyridine rings is 1. The molecule has 0 bridgehead atoms. The average molecular weight is 424 g/mol. The zero-order valence-corrected chi connectivity index (χ0v) is 18.0. The van der Waals surface area contributed by atoms with Gasteiger partial charge in [0.2, 0.25) is 0 Å². The van der Waals surface area contributed by atoms with Crippen molar-refractivity contribution in [2.75, 3.05) is 0 Å². The van der Waals surface area contributed by atoms with Crippen molar-refractivity contribution in [2.45, 2.75) is 0 Å². The van der Waals surface area contributed by atoms with E-state index in [1.807, 2.05) is 53.2 Å². The molecule has 0 spiro atoms. The molecule has 3 nitrogen and oxygen atoms in total. The van der Waals surface area contributed by atoms with Crippen LogP contribution in [0, 0.1) is 0 Å². The molecule has 6 rings (SSSR count). The van der Waals surface area contributed by atoms with Crippen LogP contribution in [0.1, 0.15) is 0 Å². The molecule has 0 atom stereocenters. The molecular formula is C30H21N3. The predicted molar refractivity (Wildman–Crippen MR) is 135 cm³/mol. The summed E-state index contributed by atoms with van der Waals surface area (Å²) in [7, 11) is 0. The number of aromatic nitrogens is 3. The molecule has 6 aromatic rings. The normalized spacial score (nSPS) is 11.0. The summed E-state index contributed by atoms with van der Waals surface area (Å²) in [5.74, 6) is 0. The molecule has 4 aromatic carbocycles. The van der Waals surface area contributed by atoms with Crippen molar-refractivity contribution in [3.8, 4) is 39.3 Å². The summed E-state index contributed by atoms with van der Waals surface area (Å²) in [6.45, 7) is 0. The highest BCUT2D eigenvalue weighted by molar-refractivity contribution is 6.04. The number of nitrogens with zero attached hydrogens (tertiary/aromatic N) is 3. The fourth-order valence-electron chi connectivity index (χ4n) is 4.27. The van der Waals surface area contributed by atoms with Crippen molar-refractivity contribution in [3.63, 3.8) is 0 Å². The molecule has 33 heavy (non-hydrogen) atoms. The summed E-state index contributed by atoms with van der Waals surface area (Å²) in [6.07, 6.45) is 0. The van der Waals surface area contributed by atoms with Gasteiger partial charge in [0.15, 0.2) is 5.65 Å². The molecule has 0 aliphatic heterocycles. The van der Waals surface area contributed by atoms with Crippen molar-refractivity contribution < 1.29 is 0 Å². The minimum absolute atomic E-state index is 0.847. The fourth-order valence-corrected chi connectivity index (χ4v) is 4.27. The van der Waals surface area contributed by atoms with E-state index in [-0.39, 0.29) is 0 Å². The summed E-state index contributed by atoms with van der Waals surface area (Å²) in [6, 6.07) is 43.6. The first kappa shape index (κ1) is 19.2. The molecule has 0 saturated carbocycles. The van der Waals surface area contributed by atoms with Gasteiger partial charge in [-0.15, -0.1) is 0 Å². The second kappa shape index (κ2) is 8.21. The van der Waals surface area contributed by atoms with Crippen molar-refractivity contribution in [2.24, 2.45) is 0 Å². The minimum Gasteiger partial charge on any atom is -0.228 e. The van der Waals surface area contributed by atoms with E-state index in [0.29, 0.717) is 0 Å². The smallest absolute Gasteiger partial charge is 0.164 e. The maximum atomic E-state index is 5.15. The van der Waals surface area contributed by atoms with Crippen molar-refractivity contribution >= 4 is 11.0 Å². The SMILES string of the molecule is c1ccc(-c2cc(-c3ccccc3)c3c(-c4ccccc4)nn(-c4ccccc4)c3n2)cc1. The molecule has 0 amide bonds. The average Bonchev–Trinajstić information content (AvgIpc) is 3.30. The number of hydrogen-bond acceptors (Lipinski definition) is 2. The Bertz CT molecular complexity index is 1520. The monoisotopic (exact) mass is 423 g/mol. The summed E-state index contributed by atoms with van der Waals surface area (Å²) in [5.41, 5.74) is 8.12. The second-order valence-corrected chi connectivity index (χ2v) is 7.95. The molecule has 3 heteroatoms. The van der Waals surface area contributed by atoms with Crippen LogP contribution < -0.4 is 0 Å². The molecule has 2 aromatic heterocycles. The predicted octanol–water partition coefficient (Wildman–Crippen LogP) is 7.42. The number of benzene rings is 4. The third-order valence-electron chi connectivity index (χ3n) is 5.84. The largest absolute Gasteiger partial charge is 0.228 e. The Morgan fingerprint density at radius 1 is 0.515 bits per heavy atom. The highest BCUT2D eigenvalue weighted by Crippen LogP contribution is 2.38. The molecule has 0 fully saturated rings. The van der Waals surface area contributed by atoms with Crippen molar-refractivity contribution in [1.29, 1.82) is 0 Å². The molecule has 0 unspecified atom stereocenters. The number of fused-ring (bicyclic) bond motifs is 1. The van der Waals surface area contributed by atoms with Gasteiger partial charge in [0.1, 0.15) is 5.69 Å². The van der Waals surface area contributed by atoms with Gasteiger partial charge in [-0.1, -0.05) is 109 Å². The van der Waals surface area contributed by atoms with E-state index in [9.17, 15) is 0 Å². The Morgan fingerprint density at radius 2 is 1.03 bits per heavy atom. The van der Waals surface area contributed by atoms with Crippen molar-refractivity contribution in [3.05, 3.63) is 127 Å². The third kappa shape index (κ3) is 3.50. The number of para-hydroxylation sites is 1. The van der Waals surface area contributed by atoms with Crippen LogP contribution in [0.5, 0.6) is 0 Å². The topological polar surface area (TPSA) is 30.7 Å². The first-order valence-corrected chi connectivity index (χ1v) is 11.0. The third-order valence-corrected chi connectivity index (χ3v) is 5.84. The maximum absolute atomic E-state index is 5.15. The van der Waals surface area contributed by atoms with E-state index in [4.69, 9.17) is 10.1 Å². The number of hydrogen-bond donors (Lipinski definition) is 0. The van der Waals surface area contributed by atoms with Crippen LogP contribution in [-0.4, -0.2) is 14.8 Å². The van der Waals surface area contributed by atoms with Crippen LogP contribution in [-0.2, 0) is 0 Å². The Hall–Kier alpha value is -4.50. The summed E-state index contributed by atoms with van der Waals surface area (Å²) in [5, 5.41) is 6.16. The molecule has 2 heterocycles. The van der Waals surface area contributed by atoms with Gasteiger partial charge in [0.05, 0.1) is 16.8 Å². The lowest BCUT2D eigenvalue weighted by atomic mass is 9.97. The van der Waals surface area contributed by atoms with Crippen LogP contribution in [0.25, 0.3) is 50.4 Å². The first-order valence-electron chi connectivity index (χ1n) is 11.0. The molecule has 0 saturated heterocycles.